The smallest absolute Gasteiger partial charge is 0.314 e. The first-order valence-electron chi connectivity index (χ1n) is 7.64. The highest BCUT2D eigenvalue weighted by Crippen LogP contribution is 2.32. The number of nitrogens with zero attached hydrogens (tertiary/aromatic N) is 1. The number of urea groups is 1. The van der Waals surface area contributed by atoms with Crippen molar-refractivity contribution >= 4 is 6.03 Å². The molecule has 5 nitrogen and oxygen atoms in total. The molecule has 0 saturated carbocycles. The molecule has 0 bridgehead atoms. The van der Waals surface area contributed by atoms with E-state index < -0.39 is 0 Å². The van der Waals surface area contributed by atoms with Gasteiger partial charge in [-0.15, -0.1) is 0 Å². The highest BCUT2D eigenvalue weighted by molar-refractivity contribution is 5.73. The van der Waals surface area contributed by atoms with Gasteiger partial charge in [0.25, 0.3) is 0 Å². The van der Waals surface area contributed by atoms with E-state index in [1.807, 2.05) is 19.1 Å². The van der Waals surface area contributed by atoms with Gasteiger partial charge in [-0.1, -0.05) is 12.1 Å². The molecule has 5 heteroatoms. The number of benzene rings is 1. The van der Waals surface area contributed by atoms with Crippen LogP contribution in [0, 0.1) is 0 Å². The third kappa shape index (κ3) is 4.36. The molecular weight excluding hydrogens is 266 g/mol. The number of likely N-dealkylation sites (tertiary alicyclic amines) is 1. The van der Waals surface area contributed by atoms with Gasteiger partial charge in [0.15, 0.2) is 0 Å². The SMILES string of the molecule is CCNC(=O)NCCN1CCC[C@H]1c1ccc(OC)cc1. The van der Waals surface area contributed by atoms with Gasteiger partial charge in [-0.25, -0.2) is 4.79 Å². The van der Waals surface area contributed by atoms with E-state index in [1.54, 1.807) is 7.11 Å². The van der Waals surface area contributed by atoms with Crippen molar-refractivity contribution in [2.75, 3.05) is 33.3 Å². The summed E-state index contributed by atoms with van der Waals surface area (Å²) in [6.07, 6.45) is 2.38. The lowest BCUT2D eigenvalue weighted by Gasteiger charge is -2.25. The maximum Gasteiger partial charge on any atom is 0.314 e. The zero-order valence-corrected chi connectivity index (χ0v) is 12.9. The van der Waals surface area contributed by atoms with Crippen LogP contribution in [0.25, 0.3) is 0 Å². The molecule has 1 aromatic rings. The van der Waals surface area contributed by atoms with Crippen molar-refractivity contribution < 1.29 is 9.53 Å². The molecule has 0 aliphatic carbocycles. The molecule has 1 aliphatic rings. The van der Waals surface area contributed by atoms with Crippen LogP contribution in [0.1, 0.15) is 31.4 Å². The van der Waals surface area contributed by atoms with Gasteiger partial charge >= 0.3 is 6.03 Å². The minimum atomic E-state index is -0.0855. The van der Waals surface area contributed by atoms with Crippen LogP contribution >= 0.6 is 0 Å². The first kappa shape index (κ1) is 15.6. The lowest BCUT2D eigenvalue weighted by atomic mass is 10.0. The molecule has 2 rings (SSSR count). The molecular formula is C16H25N3O2. The van der Waals surface area contributed by atoms with Crippen molar-refractivity contribution in [3.05, 3.63) is 29.8 Å². The Labute approximate surface area is 126 Å². The number of carbonyl (C=O) groups is 1. The van der Waals surface area contributed by atoms with E-state index in [0.29, 0.717) is 19.1 Å². The molecule has 1 atom stereocenters. The van der Waals surface area contributed by atoms with Crippen LogP contribution in [0.15, 0.2) is 24.3 Å². The zero-order valence-electron chi connectivity index (χ0n) is 12.9. The number of hydrogen-bond acceptors (Lipinski definition) is 3. The van der Waals surface area contributed by atoms with Gasteiger partial charge < -0.3 is 15.4 Å². The van der Waals surface area contributed by atoms with Crippen molar-refractivity contribution in [1.29, 1.82) is 0 Å². The first-order chi connectivity index (χ1) is 10.2. The Kier molecular flexibility index (Phi) is 5.87. The van der Waals surface area contributed by atoms with Crippen LogP contribution < -0.4 is 15.4 Å². The summed E-state index contributed by atoms with van der Waals surface area (Å²) in [6, 6.07) is 8.67. The Morgan fingerprint density at radius 2 is 2.10 bits per heavy atom. The standard InChI is InChI=1S/C16H25N3O2/c1-3-17-16(20)18-10-12-19-11-4-5-15(19)13-6-8-14(21-2)9-7-13/h6-9,15H,3-5,10-12H2,1-2H3,(H2,17,18,20)/t15-/m0/s1. The van der Waals surface area contributed by atoms with E-state index in [4.69, 9.17) is 4.74 Å². The molecule has 1 heterocycles. The predicted molar refractivity (Wildman–Crippen MR) is 83.6 cm³/mol. The quantitative estimate of drug-likeness (QED) is 0.844. The fraction of sp³-hybridized carbons (Fsp3) is 0.562. The third-order valence-corrected chi connectivity index (χ3v) is 3.89. The fourth-order valence-electron chi connectivity index (χ4n) is 2.83. The monoisotopic (exact) mass is 291 g/mol. The lowest BCUT2D eigenvalue weighted by Crippen LogP contribution is -2.40. The largest absolute Gasteiger partial charge is 0.497 e. The van der Waals surface area contributed by atoms with E-state index in [-0.39, 0.29) is 6.03 Å². The second kappa shape index (κ2) is 7.88. The maximum absolute atomic E-state index is 11.4. The Hall–Kier alpha value is -1.75. The molecule has 2 amide bonds. The summed E-state index contributed by atoms with van der Waals surface area (Å²) < 4.78 is 5.20. The van der Waals surface area contributed by atoms with Crippen molar-refractivity contribution in [3.8, 4) is 5.75 Å². The molecule has 0 aromatic heterocycles. The van der Waals surface area contributed by atoms with Crippen LogP contribution in [-0.2, 0) is 0 Å². The number of amides is 2. The molecule has 21 heavy (non-hydrogen) atoms. The average Bonchev–Trinajstić information content (AvgIpc) is 2.96. The summed E-state index contributed by atoms with van der Waals surface area (Å²) in [5.74, 6) is 0.890. The Bertz CT molecular complexity index is 447. The number of ether oxygens (including phenoxy) is 1. The minimum Gasteiger partial charge on any atom is -0.497 e. The molecule has 1 aliphatic heterocycles. The average molecular weight is 291 g/mol. The van der Waals surface area contributed by atoms with Gasteiger partial charge in [-0.3, -0.25) is 4.90 Å². The maximum atomic E-state index is 11.4. The second-order valence-corrected chi connectivity index (χ2v) is 5.25. The minimum absolute atomic E-state index is 0.0855. The van der Waals surface area contributed by atoms with E-state index >= 15 is 0 Å². The van der Waals surface area contributed by atoms with Crippen LogP contribution in [0.5, 0.6) is 5.75 Å². The third-order valence-electron chi connectivity index (χ3n) is 3.89. The second-order valence-electron chi connectivity index (χ2n) is 5.25. The van der Waals surface area contributed by atoms with Crippen molar-refractivity contribution in [1.82, 2.24) is 15.5 Å². The Balaban J connectivity index is 1.86. The topological polar surface area (TPSA) is 53.6 Å². The predicted octanol–water partition coefficient (Wildman–Crippen LogP) is 2.15. The van der Waals surface area contributed by atoms with Gasteiger partial charge in [-0.05, 0) is 44.0 Å². The van der Waals surface area contributed by atoms with Crippen molar-refractivity contribution in [2.45, 2.75) is 25.8 Å². The number of nitrogens with one attached hydrogen (secondary N) is 2. The van der Waals surface area contributed by atoms with Gasteiger partial charge in [-0.2, -0.15) is 0 Å². The summed E-state index contributed by atoms with van der Waals surface area (Å²) in [4.78, 5) is 13.8. The van der Waals surface area contributed by atoms with Gasteiger partial charge in [0.05, 0.1) is 7.11 Å². The van der Waals surface area contributed by atoms with E-state index in [2.05, 4.69) is 27.7 Å². The fourth-order valence-corrected chi connectivity index (χ4v) is 2.83. The summed E-state index contributed by atoms with van der Waals surface area (Å²) in [7, 11) is 1.68. The number of rotatable bonds is 6. The van der Waals surface area contributed by atoms with Crippen LogP contribution in [0.3, 0.4) is 0 Å². The summed E-state index contributed by atoms with van der Waals surface area (Å²) >= 11 is 0. The van der Waals surface area contributed by atoms with E-state index in [9.17, 15) is 4.79 Å². The Morgan fingerprint density at radius 3 is 2.76 bits per heavy atom. The normalized spacial score (nSPS) is 18.5. The first-order valence-corrected chi connectivity index (χ1v) is 7.64. The summed E-state index contributed by atoms with van der Waals surface area (Å²) in [6.45, 7) is 5.23. The molecule has 2 N–H and O–H groups in total. The summed E-state index contributed by atoms with van der Waals surface area (Å²) in [5, 5.41) is 5.63. The highest BCUT2D eigenvalue weighted by Gasteiger charge is 2.25. The molecule has 0 unspecified atom stereocenters. The van der Waals surface area contributed by atoms with Gasteiger partial charge in [0.1, 0.15) is 5.75 Å². The molecule has 1 fully saturated rings. The number of methoxy groups -OCH3 is 1. The zero-order chi connectivity index (χ0) is 15.1. The van der Waals surface area contributed by atoms with Crippen LogP contribution in [0.2, 0.25) is 0 Å². The van der Waals surface area contributed by atoms with Gasteiger partial charge in [0.2, 0.25) is 0 Å². The van der Waals surface area contributed by atoms with Crippen LogP contribution in [-0.4, -0.2) is 44.2 Å². The lowest BCUT2D eigenvalue weighted by molar-refractivity contribution is 0.232. The number of hydrogen-bond donors (Lipinski definition) is 2. The van der Waals surface area contributed by atoms with E-state index in [0.717, 1.165) is 18.8 Å². The molecule has 1 aromatic carbocycles. The van der Waals surface area contributed by atoms with Gasteiger partial charge in [0, 0.05) is 25.7 Å². The van der Waals surface area contributed by atoms with Crippen molar-refractivity contribution in [3.63, 3.8) is 0 Å². The van der Waals surface area contributed by atoms with E-state index in [1.165, 1.54) is 18.4 Å². The number of carbonyl (C=O) groups excluding carboxylic acids is 1. The van der Waals surface area contributed by atoms with Crippen LogP contribution in [0.4, 0.5) is 4.79 Å². The molecule has 1 saturated heterocycles. The molecule has 116 valence electrons. The highest BCUT2D eigenvalue weighted by atomic mass is 16.5. The Morgan fingerprint density at radius 1 is 1.33 bits per heavy atom. The molecule has 0 radical (unpaired) electrons. The summed E-state index contributed by atoms with van der Waals surface area (Å²) in [5.41, 5.74) is 1.33. The van der Waals surface area contributed by atoms with Crippen molar-refractivity contribution in [2.24, 2.45) is 0 Å². The molecule has 0 spiro atoms.